The largest absolute Gasteiger partial charge is 0.360 e. The summed E-state index contributed by atoms with van der Waals surface area (Å²) in [5.74, 6) is -1.59. The van der Waals surface area contributed by atoms with Crippen LogP contribution in [0.15, 0.2) is 66.0 Å². The first kappa shape index (κ1) is 22.8. The number of nitrogens with one attached hydrogen (secondary N) is 3. The van der Waals surface area contributed by atoms with E-state index in [9.17, 15) is 18.8 Å². The van der Waals surface area contributed by atoms with Gasteiger partial charge in [0.1, 0.15) is 5.82 Å². The topological polar surface area (TPSA) is 109 Å². The Bertz CT molecular complexity index is 1500. The molecule has 1 aliphatic carbocycles. The Morgan fingerprint density at radius 1 is 1.09 bits per heavy atom. The van der Waals surface area contributed by atoms with Crippen molar-refractivity contribution in [3.8, 4) is 5.69 Å². The minimum atomic E-state index is -0.750. The molecule has 10 heteroatoms. The first-order valence-corrected chi connectivity index (χ1v) is 11.5. The molecule has 0 aliphatic heterocycles. The van der Waals surface area contributed by atoms with E-state index in [1.54, 1.807) is 24.4 Å². The fourth-order valence-corrected chi connectivity index (χ4v) is 4.65. The minimum Gasteiger partial charge on any atom is -0.360 e. The van der Waals surface area contributed by atoms with Gasteiger partial charge in [-0.3, -0.25) is 23.9 Å². The number of halogens is 2. The smallest absolute Gasteiger partial charge is 0.273 e. The zero-order valence-electron chi connectivity index (χ0n) is 18.4. The standard InChI is InChI=1S/C25H21ClFN5O3/c26-18-12-29-22-10-14(4-6-16(18)22)24(34)30-20-2-1-3-21(20)31-25(35)17-7-5-15(11-19(17)27)32-9-8-28-13-23(32)33/h4-13,20-21,29H,1-3H2,(H,30,34)(H,31,35)/t20-,21+/m1/s1. The van der Waals surface area contributed by atoms with E-state index in [0.29, 0.717) is 23.4 Å². The Labute approximate surface area is 204 Å². The number of rotatable bonds is 5. The molecule has 2 amide bonds. The Morgan fingerprint density at radius 2 is 1.86 bits per heavy atom. The first-order chi connectivity index (χ1) is 16.9. The van der Waals surface area contributed by atoms with Crippen LogP contribution in [-0.4, -0.2) is 38.4 Å². The Kier molecular flexibility index (Phi) is 6.08. The van der Waals surface area contributed by atoms with Gasteiger partial charge >= 0.3 is 0 Å². The van der Waals surface area contributed by atoms with E-state index in [-0.39, 0.29) is 29.2 Å². The highest BCUT2D eigenvalue weighted by Crippen LogP contribution is 2.25. The highest BCUT2D eigenvalue weighted by Gasteiger charge is 2.31. The molecule has 1 saturated carbocycles. The fraction of sp³-hybridized carbons (Fsp3) is 0.200. The predicted octanol–water partition coefficient (Wildman–Crippen LogP) is 3.59. The number of aromatic nitrogens is 3. The van der Waals surface area contributed by atoms with Crippen molar-refractivity contribution in [3.63, 3.8) is 0 Å². The zero-order valence-corrected chi connectivity index (χ0v) is 19.2. The summed E-state index contributed by atoms with van der Waals surface area (Å²) in [6, 6.07) is 8.55. The number of hydrogen-bond acceptors (Lipinski definition) is 4. The molecule has 0 saturated heterocycles. The van der Waals surface area contributed by atoms with Crippen molar-refractivity contribution >= 4 is 34.3 Å². The normalized spacial score (nSPS) is 17.4. The van der Waals surface area contributed by atoms with E-state index >= 15 is 0 Å². The van der Waals surface area contributed by atoms with Crippen LogP contribution in [-0.2, 0) is 0 Å². The van der Waals surface area contributed by atoms with Gasteiger partial charge in [0, 0.05) is 47.1 Å². The Hall–Kier alpha value is -3.98. The second-order valence-electron chi connectivity index (χ2n) is 8.44. The number of H-pyrrole nitrogens is 1. The lowest BCUT2D eigenvalue weighted by molar-refractivity contribution is 0.0889. The highest BCUT2D eigenvalue weighted by molar-refractivity contribution is 6.35. The van der Waals surface area contributed by atoms with Gasteiger partial charge in [-0.05, 0) is 49.6 Å². The summed E-state index contributed by atoms with van der Waals surface area (Å²) in [5.41, 5.74) is 0.972. The number of carbonyl (C=O) groups is 2. The maximum atomic E-state index is 14.8. The number of nitrogens with zero attached hydrogens (tertiary/aromatic N) is 2. The molecule has 8 nitrogen and oxygen atoms in total. The molecule has 2 heterocycles. The molecule has 5 rings (SSSR count). The maximum absolute atomic E-state index is 14.8. The molecule has 2 aromatic heterocycles. The lowest BCUT2D eigenvalue weighted by Crippen LogP contribution is -2.48. The van der Waals surface area contributed by atoms with Crippen LogP contribution in [0.1, 0.15) is 40.0 Å². The average molecular weight is 494 g/mol. The molecule has 1 aliphatic rings. The lowest BCUT2D eigenvalue weighted by atomic mass is 10.1. The van der Waals surface area contributed by atoms with Crippen molar-refractivity contribution in [2.45, 2.75) is 31.3 Å². The minimum absolute atomic E-state index is 0.137. The molecule has 35 heavy (non-hydrogen) atoms. The van der Waals surface area contributed by atoms with Gasteiger partial charge in [-0.1, -0.05) is 17.7 Å². The number of fused-ring (bicyclic) bond motifs is 1. The van der Waals surface area contributed by atoms with Crippen molar-refractivity contribution in [1.82, 2.24) is 25.2 Å². The van der Waals surface area contributed by atoms with Crippen LogP contribution in [0.5, 0.6) is 0 Å². The average Bonchev–Trinajstić information content (AvgIpc) is 3.44. The summed E-state index contributed by atoms with van der Waals surface area (Å²) in [6.45, 7) is 0. The van der Waals surface area contributed by atoms with E-state index in [1.807, 2.05) is 0 Å². The Balaban J connectivity index is 1.27. The van der Waals surface area contributed by atoms with Crippen molar-refractivity contribution < 1.29 is 14.0 Å². The number of amides is 2. The lowest BCUT2D eigenvalue weighted by Gasteiger charge is -2.22. The van der Waals surface area contributed by atoms with Gasteiger partial charge in [0.25, 0.3) is 17.4 Å². The van der Waals surface area contributed by atoms with E-state index in [2.05, 4.69) is 20.6 Å². The van der Waals surface area contributed by atoms with Crippen LogP contribution >= 0.6 is 11.6 Å². The second-order valence-corrected chi connectivity index (χ2v) is 8.84. The van der Waals surface area contributed by atoms with E-state index < -0.39 is 17.3 Å². The molecule has 1 fully saturated rings. The number of carbonyl (C=O) groups excluding carboxylic acids is 2. The molecular weight excluding hydrogens is 473 g/mol. The van der Waals surface area contributed by atoms with Gasteiger partial charge in [-0.25, -0.2) is 4.39 Å². The number of hydrogen-bond donors (Lipinski definition) is 3. The third-order valence-electron chi connectivity index (χ3n) is 6.24. The monoisotopic (exact) mass is 493 g/mol. The van der Waals surface area contributed by atoms with Gasteiger partial charge in [0.2, 0.25) is 0 Å². The molecule has 0 bridgehead atoms. The molecule has 0 unspecified atom stereocenters. The molecule has 4 aromatic rings. The van der Waals surface area contributed by atoms with Crippen LogP contribution < -0.4 is 16.2 Å². The summed E-state index contributed by atoms with van der Waals surface area (Å²) in [5, 5.41) is 7.25. The highest BCUT2D eigenvalue weighted by atomic mass is 35.5. The summed E-state index contributed by atoms with van der Waals surface area (Å²) in [4.78, 5) is 44.4. The van der Waals surface area contributed by atoms with Crippen LogP contribution in [0.25, 0.3) is 16.6 Å². The second kappa shape index (κ2) is 9.34. The molecule has 178 valence electrons. The van der Waals surface area contributed by atoms with Gasteiger partial charge in [-0.15, -0.1) is 0 Å². The van der Waals surface area contributed by atoms with Crippen LogP contribution in [0.2, 0.25) is 5.02 Å². The number of aromatic amines is 1. The van der Waals surface area contributed by atoms with E-state index in [4.69, 9.17) is 11.6 Å². The molecule has 2 aromatic carbocycles. The number of benzene rings is 2. The quantitative estimate of drug-likeness (QED) is 0.395. The van der Waals surface area contributed by atoms with Crippen LogP contribution in [0, 0.1) is 5.82 Å². The molecule has 0 spiro atoms. The zero-order chi connectivity index (χ0) is 24.5. The van der Waals surface area contributed by atoms with Crippen molar-refractivity contribution in [1.29, 1.82) is 0 Å². The predicted molar refractivity (Wildman–Crippen MR) is 129 cm³/mol. The van der Waals surface area contributed by atoms with Crippen molar-refractivity contribution in [3.05, 3.63) is 93.5 Å². The van der Waals surface area contributed by atoms with Gasteiger partial charge in [-0.2, -0.15) is 0 Å². The summed E-state index contributed by atoms with van der Waals surface area (Å²) >= 11 is 6.10. The Morgan fingerprint density at radius 3 is 2.60 bits per heavy atom. The molecule has 0 radical (unpaired) electrons. The van der Waals surface area contributed by atoms with Crippen LogP contribution in [0.3, 0.4) is 0 Å². The maximum Gasteiger partial charge on any atom is 0.273 e. The SMILES string of the molecule is O=C(N[C@@H]1CCC[C@@H]1NC(=O)c1ccc(-n2ccncc2=O)cc1F)c1ccc2c(Cl)c[nH]c2c1. The van der Waals surface area contributed by atoms with E-state index in [1.165, 1.54) is 29.1 Å². The van der Waals surface area contributed by atoms with Crippen LogP contribution in [0.4, 0.5) is 4.39 Å². The van der Waals surface area contributed by atoms with E-state index in [0.717, 1.165) is 29.6 Å². The first-order valence-electron chi connectivity index (χ1n) is 11.1. The summed E-state index contributed by atoms with van der Waals surface area (Å²) < 4.78 is 16.0. The van der Waals surface area contributed by atoms with Gasteiger partial charge in [0.05, 0.1) is 22.5 Å². The summed E-state index contributed by atoms with van der Waals surface area (Å²) in [6.07, 6.45) is 7.79. The third kappa shape index (κ3) is 4.54. The molecular formula is C25H21ClFN5O3. The summed E-state index contributed by atoms with van der Waals surface area (Å²) in [7, 11) is 0. The fourth-order valence-electron chi connectivity index (χ4n) is 4.43. The van der Waals surface area contributed by atoms with Gasteiger partial charge in [0.15, 0.2) is 0 Å². The van der Waals surface area contributed by atoms with Crippen molar-refractivity contribution in [2.75, 3.05) is 0 Å². The molecule has 2 atom stereocenters. The van der Waals surface area contributed by atoms with Crippen molar-refractivity contribution in [2.24, 2.45) is 0 Å². The van der Waals surface area contributed by atoms with Gasteiger partial charge < -0.3 is 15.6 Å². The molecule has 3 N–H and O–H groups in total. The third-order valence-corrected chi connectivity index (χ3v) is 6.55.